The number of pyridine rings is 1. The van der Waals surface area contributed by atoms with E-state index in [2.05, 4.69) is 10.3 Å². The van der Waals surface area contributed by atoms with Gasteiger partial charge in [0.2, 0.25) is 0 Å². The number of carbonyl (C=O) groups is 1. The minimum absolute atomic E-state index is 0.197. The quantitative estimate of drug-likeness (QED) is 0.727. The maximum absolute atomic E-state index is 14.1. The number of benzene rings is 2. The van der Waals surface area contributed by atoms with E-state index in [1.54, 1.807) is 6.07 Å². The van der Waals surface area contributed by atoms with Crippen LogP contribution in [0.25, 0.3) is 0 Å². The Morgan fingerprint density at radius 3 is 2.58 bits per heavy atom. The molecule has 0 saturated carbocycles. The van der Waals surface area contributed by atoms with Gasteiger partial charge in [0, 0.05) is 24.9 Å². The molecule has 26 heavy (non-hydrogen) atoms. The van der Waals surface area contributed by atoms with Gasteiger partial charge in [0.15, 0.2) is 11.6 Å². The van der Waals surface area contributed by atoms with Crippen LogP contribution in [0.5, 0.6) is 17.2 Å². The zero-order chi connectivity index (χ0) is 18.4. The van der Waals surface area contributed by atoms with Crippen LogP contribution in [0.1, 0.15) is 5.56 Å². The lowest BCUT2D eigenvalue weighted by molar-refractivity contribution is 0.197. The minimum atomic E-state index is -0.747. The lowest BCUT2D eigenvalue weighted by Crippen LogP contribution is -2.26. The Balaban J connectivity index is 1.59. The van der Waals surface area contributed by atoms with Gasteiger partial charge in [-0.3, -0.25) is 0 Å². The number of hydrogen-bond acceptors (Lipinski definition) is 5. The van der Waals surface area contributed by atoms with Gasteiger partial charge in [0.1, 0.15) is 17.3 Å². The van der Waals surface area contributed by atoms with Crippen LogP contribution >= 0.6 is 0 Å². The number of carbonyl (C=O) groups excluding carboxylic acids is 1. The van der Waals surface area contributed by atoms with E-state index in [4.69, 9.17) is 15.2 Å². The molecule has 1 heterocycles. The molecule has 0 fully saturated rings. The molecule has 0 spiro atoms. The number of anilines is 1. The van der Waals surface area contributed by atoms with Crippen molar-refractivity contribution in [1.29, 1.82) is 0 Å². The van der Waals surface area contributed by atoms with E-state index in [-0.39, 0.29) is 23.9 Å². The number of nitrogen functional groups attached to an aromatic ring is 1. The zero-order valence-corrected chi connectivity index (χ0v) is 13.7. The fourth-order valence-electron chi connectivity index (χ4n) is 2.16. The van der Waals surface area contributed by atoms with Crippen molar-refractivity contribution in [3.63, 3.8) is 0 Å². The van der Waals surface area contributed by atoms with Crippen LogP contribution in [-0.4, -0.2) is 11.1 Å². The second-order valence-corrected chi connectivity index (χ2v) is 5.34. The Kier molecular flexibility index (Phi) is 5.28. The van der Waals surface area contributed by atoms with E-state index in [1.165, 1.54) is 24.4 Å². The summed E-state index contributed by atoms with van der Waals surface area (Å²) in [5.74, 6) is 0.0332. The first-order valence-electron chi connectivity index (χ1n) is 7.79. The Bertz CT molecular complexity index is 904. The minimum Gasteiger partial charge on any atom is -0.457 e. The normalized spacial score (nSPS) is 10.2. The molecule has 3 rings (SSSR count). The van der Waals surface area contributed by atoms with E-state index in [0.717, 1.165) is 11.6 Å². The molecule has 0 radical (unpaired) electrons. The summed E-state index contributed by atoms with van der Waals surface area (Å²) in [6, 6.07) is 16.3. The summed E-state index contributed by atoms with van der Waals surface area (Å²) in [5, 5.41) is 2.56. The lowest BCUT2D eigenvalue weighted by Gasteiger charge is -2.10. The zero-order valence-electron chi connectivity index (χ0n) is 13.7. The van der Waals surface area contributed by atoms with E-state index in [9.17, 15) is 9.18 Å². The van der Waals surface area contributed by atoms with Crippen LogP contribution in [0.3, 0.4) is 0 Å². The first kappa shape index (κ1) is 17.2. The number of ether oxygens (including phenoxy) is 2. The first-order valence-corrected chi connectivity index (χ1v) is 7.79. The molecule has 1 amide bonds. The average molecular weight is 353 g/mol. The number of nitrogens with one attached hydrogen (secondary N) is 1. The second kappa shape index (κ2) is 7.98. The van der Waals surface area contributed by atoms with Gasteiger partial charge in [0.25, 0.3) is 0 Å². The molecule has 0 bridgehead atoms. The highest BCUT2D eigenvalue weighted by Crippen LogP contribution is 2.27. The molecule has 3 N–H and O–H groups in total. The summed E-state index contributed by atoms with van der Waals surface area (Å²) in [4.78, 5) is 15.6. The van der Waals surface area contributed by atoms with Crippen molar-refractivity contribution >= 4 is 11.9 Å². The largest absolute Gasteiger partial charge is 0.457 e. The standard InChI is InChI=1S/C19H16FN3O3/c20-16-10-14(25-15-8-9-22-18(21)11-15)6-7-17(16)26-19(24)23-12-13-4-2-1-3-5-13/h1-11H,12H2,(H2,21,22)(H,23,24). The summed E-state index contributed by atoms with van der Waals surface area (Å²) in [6.45, 7) is 0.284. The van der Waals surface area contributed by atoms with E-state index >= 15 is 0 Å². The molecule has 6 nitrogen and oxygen atoms in total. The fraction of sp³-hybridized carbons (Fsp3) is 0.0526. The summed E-state index contributed by atoms with van der Waals surface area (Å²) in [7, 11) is 0. The molecule has 2 aromatic carbocycles. The molecule has 0 unspecified atom stereocenters. The highest BCUT2D eigenvalue weighted by molar-refractivity contribution is 5.70. The number of hydrogen-bond donors (Lipinski definition) is 2. The molecule has 7 heteroatoms. The summed E-state index contributed by atoms with van der Waals surface area (Å²) < 4.78 is 24.6. The summed E-state index contributed by atoms with van der Waals surface area (Å²) in [5.41, 5.74) is 6.47. The third-order valence-electron chi connectivity index (χ3n) is 3.37. The van der Waals surface area contributed by atoms with Crippen molar-refractivity contribution in [2.45, 2.75) is 6.54 Å². The Hall–Kier alpha value is -3.61. The lowest BCUT2D eigenvalue weighted by atomic mass is 10.2. The van der Waals surface area contributed by atoms with E-state index in [0.29, 0.717) is 5.75 Å². The molecule has 3 aromatic rings. The van der Waals surface area contributed by atoms with Gasteiger partial charge in [-0.1, -0.05) is 30.3 Å². The molecule has 0 atom stereocenters. The molecule has 1 aromatic heterocycles. The molecule has 0 aliphatic heterocycles. The third-order valence-corrected chi connectivity index (χ3v) is 3.37. The van der Waals surface area contributed by atoms with Crippen molar-refractivity contribution in [1.82, 2.24) is 10.3 Å². The highest BCUT2D eigenvalue weighted by Gasteiger charge is 2.11. The molecule has 0 saturated heterocycles. The topological polar surface area (TPSA) is 86.5 Å². The van der Waals surface area contributed by atoms with Crippen LogP contribution in [0, 0.1) is 5.82 Å². The molecule has 132 valence electrons. The van der Waals surface area contributed by atoms with E-state index in [1.807, 2.05) is 30.3 Å². The maximum atomic E-state index is 14.1. The number of nitrogens with zero attached hydrogens (tertiary/aromatic N) is 1. The smallest absolute Gasteiger partial charge is 0.412 e. The molecule has 0 aliphatic carbocycles. The number of halogens is 1. The monoisotopic (exact) mass is 353 g/mol. The van der Waals surface area contributed by atoms with Crippen molar-refractivity contribution < 1.29 is 18.7 Å². The van der Waals surface area contributed by atoms with Gasteiger partial charge < -0.3 is 20.5 Å². The predicted octanol–water partition coefficient (Wildman–Crippen LogP) is 3.88. The second-order valence-electron chi connectivity index (χ2n) is 5.34. The Labute approximate surface area is 149 Å². The highest BCUT2D eigenvalue weighted by atomic mass is 19.1. The number of nitrogens with two attached hydrogens (primary N) is 1. The molecular weight excluding hydrogens is 337 g/mol. The van der Waals surface area contributed by atoms with Crippen molar-refractivity contribution in [3.05, 3.63) is 78.2 Å². The van der Waals surface area contributed by atoms with Crippen molar-refractivity contribution in [3.8, 4) is 17.2 Å². The van der Waals surface area contributed by atoms with Crippen LogP contribution in [0.2, 0.25) is 0 Å². The van der Waals surface area contributed by atoms with Crippen molar-refractivity contribution in [2.75, 3.05) is 5.73 Å². The van der Waals surface area contributed by atoms with Crippen LogP contribution in [0.15, 0.2) is 66.9 Å². The van der Waals surface area contributed by atoms with Gasteiger partial charge in [-0.05, 0) is 23.8 Å². The van der Waals surface area contributed by atoms with E-state index < -0.39 is 11.9 Å². The number of aromatic nitrogens is 1. The van der Waals surface area contributed by atoms with Gasteiger partial charge in [-0.25, -0.2) is 14.2 Å². The van der Waals surface area contributed by atoms with Crippen molar-refractivity contribution in [2.24, 2.45) is 0 Å². The Morgan fingerprint density at radius 1 is 1.08 bits per heavy atom. The van der Waals surface area contributed by atoms with Gasteiger partial charge >= 0.3 is 6.09 Å². The average Bonchev–Trinajstić information content (AvgIpc) is 2.63. The number of amides is 1. The van der Waals surface area contributed by atoms with Gasteiger partial charge in [-0.2, -0.15) is 0 Å². The van der Waals surface area contributed by atoms with Crippen LogP contribution in [-0.2, 0) is 6.54 Å². The number of rotatable bonds is 5. The SMILES string of the molecule is Nc1cc(Oc2ccc(OC(=O)NCc3ccccc3)c(F)c2)ccn1. The first-order chi connectivity index (χ1) is 12.6. The van der Waals surface area contributed by atoms with Gasteiger partial charge in [-0.15, -0.1) is 0 Å². The third kappa shape index (κ3) is 4.70. The summed E-state index contributed by atoms with van der Waals surface area (Å²) in [6.07, 6.45) is 0.735. The Morgan fingerprint density at radius 2 is 1.85 bits per heavy atom. The van der Waals surface area contributed by atoms with Crippen LogP contribution in [0.4, 0.5) is 15.0 Å². The molecular formula is C19H16FN3O3. The summed E-state index contributed by atoms with van der Waals surface area (Å²) >= 11 is 0. The van der Waals surface area contributed by atoms with Gasteiger partial charge in [0.05, 0.1) is 0 Å². The predicted molar refractivity (Wildman–Crippen MR) is 94.4 cm³/mol. The maximum Gasteiger partial charge on any atom is 0.412 e. The molecule has 0 aliphatic rings. The fourth-order valence-corrected chi connectivity index (χ4v) is 2.16. The van der Waals surface area contributed by atoms with Crippen LogP contribution < -0.4 is 20.5 Å².